The van der Waals surface area contributed by atoms with Gasteiger partial charge in [0.1, 0.15) is 0 Å². The van der Waals surface area contributed by atoms with E-state index in [0.29, 0.717) is 5.95 Å². The number of furan rings is 1. The van der Waals surface area contributed by atoms with Crippen LogP contribution in [0.2, 0.25) is 13.1 Å². The molecule has 0 aromatic carbocycles. The van der Waals surface area contributed by atoms with E-state index in [1.165, 1.54) is 0 Å². The molecule has 1 aromatic heterocycles. The number of hydrogen-bond acceptors (Lipinski definition) is 2. The van der Waals surface area contributed by atoms with Crippen LogP contribution >= 0.6 is 0 Å². The third-order valence-electron chi connectivity index (χ3n) is 0.872. The molecule has 0 amide bonds. The summed E-state index contributed by atoms with van der Waals surface area (Å²) in [6, 6.07) is 3.59. The van der Waals surface area contributed by atoms with E-state index in [1.807, 2.05) is 13.1 Å². The largest absolute Gasteiger partial charge is 1.00 e. The van der Waals surface area contributed by atoms with Crippen molar-refractivity contribution < 1.29 is 27.7 Å². The molecular formula is C7H11LiO2Si. The topological polar surface area (TPSA) is 22.4 Å². The monoisotopic (exact) mass is 162 g/mol. The Bertz CT molecular complexity index is 191. The van der Waals surface area contributed by atoms with Gasteiger partial charge in [-0.15, -0.1) is 0 Å². The Morgan fingerprint density at radius 2 is 2.18 bits per heavy atom. The van der Waals surface area contributed by atoms with Crippen LogP contribution in [-0.4, -0.2) is 8.32 Å². The maximum atomic E-state index is 5.40. The molecule has 11 heavy (non-hydrogen) atoms. The Morgan fingerprint density at radius 1 is 1.55 bits per heavy atom. The first-order chi connectivity index (χ1) is 4.58. The fraction of sp³-hybridized carbons (Fsp3) is 0.286. The van der Waals surface area contributed by atoms with Gasteiger partial charge in [-0.25, -0.2) is 0 Å². The minimum Gasteiger partial charge on any atom is -0.550 e. The second-order valence-electron chi connectivity index (χ2n) is 2.79. The van der Waals surface area contributed by atoms with E-state index in [0.717, 1.165) is 0 Å². The van der Waals surface area contributed by atoms with Gasteiger partial charge in [-0.3, -0.25) is 0 Å². The van der Waals surface area contributed by atoms with Crippen molar-refractivity contribution in [2.45, 2.75) is 13.1 Å². The molecule has 1 rings (SSSR count). The van der Waals surface area contributed by atoms with Gasteiger partial charge in [-0.1, -0.05) is 13.1 Å². The molecular weight excluding hydrogens is 151 g/mol. The third-order valence-corrected chi connectivity index (χ3v) is 1.63. The second kappa shape index (κ2) is 4.05. The smallest absolute Gasteiger partial charge is 0.550 e. The third kappa shape index (κ3) is 4.36. The van der Waals surface area contributed by atoms with E-state index in [2.05, 4.69) is 6.55 Å². The zero-order valence-corrected chi connectivity index (χ0v) is 8.26. The molecule has 0 radical (unpaired) electrons. The molecule has 1 heterocycles. The molecule has 0 aliphatic heterocycles. The minimum atomic E-state index is -1.71. The van der Waals surface area contributed by atoms with Gasteiger partial charge < -0.3 is 15.4 Å². The van der Waals surface area contributed by atoms with Crippen molar-refractivity contribution in [2.75, 3.05) is 0 Å². The van der Waals surface area contributed by atoms with Gasteiger partial charge in [0, 0.05) is 6.07 Å². The predicted octanol–water partition coefficient (Wildman–Crippen LogP) is -0.759. The predicted molar refractivity (Wildman–Crippen MR) is 42.2 cm³/mol. The summed E-state index contributed by atoms with van der Waals surface area (Å²) in [5, 5.41) is 0. The van der Waals surface area contributed by atoms with Gasteiger partial charge in [-0.05, 0) is 6.07 Å². The van der Waals surface area contributed by atoms with Crippen molar-refractivity contribution >= 4 is 8.32 Å². The number of hydrogen-bond donors (Lipinski definition) is 0. The average Bonchev–Trinajstić information content (AvgIpc) is 2.12. The van der Waals surface area contributed by atoms with E-state index in [9.17, 15) is 0 Å². The van der Waals surface area contributed by atoms with Crippen LogP contribution in [-0.2, 0) is 0 Å². The zero-order chi connectivity index (χ0) is 7.61. The Morgan fingerprint density at radius 3 is 2.55 bits per heavy atom. The first-order valence-corrected chi connectivity index (χ1v) is 6.27. The van der Waals surface area contributed by atoms with E-state index < -0.39 is 8.32 Å². The zero-order valence-electron chi connectivity index (χ0n) is 7.26. The van der Waals surface area contributed by atoms with Gasteiger partial charge in [0.05, 0.1) is 14.6 Å². The fourth-order valence-corrected chi connectivity index (χ4v) is 1.25. The van der Waals surface area contributed by atoms with Crippen LogP contribution in [0.15, 0.2) is 22.8 Å². The van der Waals surface area contributed by atoms with Crippen LogP contribution < -0.4 is 23.3 Å². The quantitative estimate of drug-likeness (QED) is 0.421. The minimum absolute atomic E-state index is 0. The molecule has 4 heteroatoms. The van der Waals surface area contributed by atoms with E-state index in [4.69, 9.17) is 8.84 Å². The Labute approximate surface area is 80.2 Å². The molecule has 2 nitrogen and oxygen atoms in total. The summed E-state index contributed by atoms with van der Waals surface area (Å²) in [6.07, 6.45) is 1.59. The Balaban J connectivity index is 0.000001000. The molecule has 0 aliphatic carbocycles. The fourth-order valence-electron chi connectivity index (χ4n) is 0.594. The maximum absolute atomic E-state index is 5.40. The summed E-state index contributed by atoms with van der Waals surface area (Å²) in [7, 11) is -1.71. The molecule has 0 saturated carbocycles. The van der Waals surface area contributed by atoms with E-state index >= 15 is 0 Å². The van der Waals surface area contributed by atoms with Crippen molar-refractivity contribution in [3.63, 3.8) is 0 Å². The maximum Gasteiger partial charge on any atom is 1.00 e. The Kier molecular flexibility index (Phi) is 4.02. The molecule has 0 spiro atoms. The first kappa shape index (κ1) is 10.9. The molecule has 0 N–H and O–H groups in total. The standard InChI is InChI=1S/C7H11O2Si.Li/c1-10(2,3)9-7-5-4-6-8-7;/h4-6H,1H2,2-3H3;/q-1;+1. The summed E-state index contributed by atoms with van der Waals surface area (Å²) < 4.78 is 10.4. The van der Waals surface area contributed by atoms with Crippen molar-refractivity contribution in [3.8, 4) is 5.95 Å². The molecule has 1 aromatic rings. The van der Waals surface area contributed by atoms with Gasteiger partial charge in [0.2, 0.25) is 0 Å². The molecule has 56 valence electrons. The number of rotatable bonds is 2. The SMILES string of the molecule is [CH2-][Si](C)(C)Oc1ccco1.[Li+]. The summed E-state index contributed by atoms with van der Waals surface area (Å²) in [4.78, 5) is 0. The molecule has 0 fully saturated rings. The molecule has 0 bridgehead atoms. The van der Waals surface area contributed by atoms with Crippen molar-refractivity contribution in [1.29, 1.82) is 0 Å². The van der Waals surface area contributed by atoms with Crippen molar-refractivity contribution in [3.05, 3.63) is 24.9 Å². The van der Waals surface area contributed by atoms with Gasteiger partial charge in [0.15, 0.2) is 0 Å². The van der Waals surface area contributed by atoms with E-state index in [1.54, 1.807) is 18.4 Å². The summed E-state index contributed by atoms with van der Waals surface area (Å²) in [6.45, 7) is 7.92. The average molecular weight is 162 g/mol. The first-order valence-electron chi connectivity index (χ1n) is 3.16. The summed E-state index contributed by atoms with van der Waals surface area (Å²) >= 11 is 0. The van der Waals surface area contributed by atoms with Crippen molar-refractivity contribution in [2.24, 2.45) is 0 Å². The van der Waals surface area contributed by atoms with Crippen LogP contribution in [0.5, 0.6) is 5.95 Å². The molecule has 0 saturated heterocycles. The van der Waals surface area contributed by atoms with Gasteiger partial charge in [0.25, 0.3) is 5.95 Å². The van der Waals surface area contributed by atoms with Crippen LogP contribution in [0.1, 0.15) is 0 Å². The van der Waals surface area contributed by atoms with Gasteiger partial charge in [-0.2, -0.15) is 0 Å². The molecule has 0 aliphatic rings. The van der Waals surface area contributed by atoms with Crippen LogP contribution in [0.4, 0.5) is 0 Å². The molecule has 0 unspecified atom stereocenters. The Hall–Kier alpha value is -0.106. The van der Waals surface area contributed by atoms with Crippen LogP contribution in [0, 0.1) is 6.55 Å². The van der Waals surface area contributed by atoms with E-state index in [-0.39, 0.29) is 18.9 Å². The van der Waals surface area contributed by atoms with Crippen molar-refractivity contribution in [1.82, 2.24) is 0 Å². The molecule has 0 atom stereocenters. The van der Waals surface area contributed by atoms with Crippen LogP contribution in [0.25, 0.3) is 0 Å². The normalized spacial score (nSPS) is 10.5. The summed E-state index contributed by atoms with van der Waals surface area (Å²) in [5.41, 5.74) is 0. The van der Waals surface area contributed by atoms with Gasteiger partial charge >= 0.3 is 18.9 Å². The summed E-state index contributed by atoms with van der Waals surface area (Å²) in [5.74, 6) is 0.576. The second-order valence-corrected chi connectivity index (χ2v) is 6.52. The van der Waals surface area contributed by atoms with Crippen LogP contribution in [0.3, 0.4) is 0 Å².